The summed E-state index contributed by atoms with van der Waals surface area (Å²) in [5.74, 6) is 0. The van der Waals surface area contributed by atoms with Gasteiger partial charge >= 0.3 is 6.09 Å². The summed E-state index contributed by atoms with van der Waals surface area (Å²) >= 11 is 0. The quantitative estimate of drug-likeness (QED) is 0.495. The Bertz CT molecular complexity index is 127. The fourth-order valence-corrected chi connectivity index (χ4v) is 1.22. The first-order chi connectivity index (χ1) is 4.15. The van der Waals surface area contributed by atoms with Gasteiger partial charge in [-0.3, -0.25) is 0 Å². The summed E-state index contributed by atoms with van der Waals surface area (Å²) in [5.41, 5.74) is 0. The van der Waals surface area contributed by atoms with Crippen LogP contribution in [-0.4, -0.2) is 35.8 Å². The molecule has 0 atom stereocenters. The van der Waals surface area contributed by atoms with Crippen LogP contribution < -0.4 is 0 Å². The third kappa shape index (κ3) is 1.05. The van der Waals surface area contributed by atoms with Gasteiger partial charge in [0.25, 0.3) is 0 Å². The fraction of sp³-hybridized carbons (Fsp3) is 0.833. The van der Waals surface area contributed by atoms with Gasteiger partial charge in [0.15, 0.2) is 0 Å². The van der Waals surface area contributed by atoms with E-state index in [1.807, 2.05) is 0 Å². The van der Waals surface area contributed by atoms with Gasteiger partial charge < -0.3 is 5.11 Å². The minimum Gasteiger partial charge on any atom is -0.435 e. The molecule has 0 aromatic carbocycles. The van der Waals surface area contributed by atoms with E-state index in [1.54, 1.807) is 7.05 Å². The smallest absolute Gasteiger partial charge is 0.435 e. The maximum absolute atomic E-state index is 10.5. The van der Waals surface area contributed by atoms with Crippen molar-refractivity contribution in [3.05, 3.63) is 0 Å². The summed E-state index contributed by atoms with van der Waals surface area (Å²) in [7, 11) is 1.77. The highest BCUT2D eigenvalue weighted by Crippen LogP contribution is 2.15. The molecule has 1 aliphatic heterocycles. The number of rotatable bonds is 0. The second-order valence-corrected chi connectivity index (χ2v) is 2.83. The van der Waals surface area contributed by atoms with Crippen LogP contribution in [0, 0.1) is 0 Å². The zero-order chi connectivity index (χ0) is 6.91. The largest absolute Gasteiger partial charge is 0.513 e. The molecule has 1 N–H and O–H groups in total. The molecule has 0 saturated carbocycles. The van der Waals surface area contributed by atoms with Gasteiger partial charge in [0, 0.05) is 12.8 Å². The van der Waals surface area contributed by atoms with Gasteiger partial charge in [-0.05, 0) is 0 Å². The van der Waals surface area contributed by atoms with Gasteiger partial charge in [-0.2, -0.15) is 4.79 Å². The van der Waals surface area contributed by atoms with Crippen molar-refractivity contribution >= 4 is 6.09 Å². The highest BCUT2D eigenvalue weighted by Gasteiger charge is 2.34. The van der Waals surface area contributed by atoms with Crippen LogP contribution in [-0.2, 0) is 0 Å². The normalized spacial score (nSPS) is 24.1. The zero-order valence-electron chi connectivity index (χ0n) is 5.63. The predicted molar refractivity (Wildman–Crippen MR) is 33.2 cm³/mol. The average Bonchev–Trinajstić information content (AvgIpc) is 2.16. The molecule has 0 bridgehead atoms. The Morgan fingerprint density at radius 2 is 1.89 bits per heavy atom. The number of hydrogen-bond acceptors (Lipinski definition) is 1. The molecule has 0 spiro atoms. The van der Waals surface area contributed by atoms with E-state index in [2.05, 4.69) is 0 Å². The zero-order valence-corrected chi connectivity index (χ0v) is 5.63. The highest BCUT2D eigenvalue weighted by atomic mass is 16.4. The van der Waals surface area contributed by atoms with Crippen molar-refractivity contribution in [2.24, 2.45) is 0 Å². The number of quaternary nitrogens is 1. The van der Waals surface area contributed by atoms with Crippen molar-refractivity contribution in [1.82, 2.24) is 0 Å². The first kappa shape index (κ1) is 6.55. The summed E-state index contributed by atoms with van der Waals surface area (Å²) in [4.78, 5) is 10.5. The lowest BCUT2D eigenvalue weighted by Crippen LogP contribution is -2.45. The molecule has 1 heterocycles. The van der Waals surface area contributed by atoms with Crippen LogP contribution >= 0.6 is 0 Å². The van der Waals surface area contributed by atoms with Crippen molar-refractivity contribution in [3.8, 4) is 0 Å². The number of nitrogens with zero attached hydrogens (tertiary/aromatic N) is 1. The van der Waals surface area contributed by atoms with E-state index in [-0.39, 0.29) is 4.48 Å². The summed E-state index contributed by atoms with van der Waals surface area (Å²) in [6, 6.07) is 0. The molecule has 3 heteroatoms. The molecule has 3 nitrogen and oxygen atoms in total. The van der Waals surface area contributed by atoms with E-state index in [0.717, 1.165) is 25.9 Å². The standard InChI is InChI=1S/C6H11NO2/c1-7(6(8)9)4-2-3-5-7/h2-5H2,1H3/p+1. The lowest BCUT2D eigenvalue weighted by atomic mass is 10.4. The van der Waals surface area contributed by atoms with Gasteiger partial charge in [-0.15, -0.1) is 0 Å². The lowest BCUT2D eigenvalue weighted by molar-refractivity contribution is -0.824. The Labute approximate surface area is 54.5 Å². The van der Waals surface area contributed by atoms with Crippen LogP contribution in [0.2, 0.25) is 0 Å². The van der Waals surface area contributed by atoms with Gasteiger partial charge in [0.1, 0.15) is 0 Å². The molecule has 1 amide bonds. The van der Waals surface area contributed by atoms with Crippen molar-refractivity contribution < 1.29 is 14.4 Å². The van der Waals surface area contributed by atoms with E-state index in [0.29, 0.717) is 0 Å². The molecular formula is C6H12NO2+. The van der Waals surface area contributed by atoms with Crippen LogP contribution in [0.4, 0.5) is 4.79 Å². The van der Waals surface area contributed by atoms with Crippen LogP contribution in [0.5, 0.6) is 0 Å². The summed E-state index contributed by atoms with van der Waals surface area (Å²) < 4.78 is 0.222. The number of carboxylic acid groups (broad SMARTS) is 1. The Balaban J connectivity index is 2.61. The highest BCUT2D eigenvalue weighted by molar-refractivity contribution is 5.56. The van der Waals surface area contributed by atoms with Crippen molar-refractivity contribution in [3.63, 3.8) is 0 Å². The lowest BCUT2D eigenvalue weighted by Gasteiger charge is -2.20. The van der Waals surface area contributed by atoms with Gasteiger partial charge in [0.05, 0.1) is 20.1 Å². The Morgan fingerprint density at radius 1 is 1.44 bits per heavy atom. The number of carbonyl (C=O) groups is 1. The minimum atomic E-state index is -0.687. The van der Waals surface area contributed by atoms with Gasteiger partial charge in [-0.25, -0.2) is 4.48 Å². The molecule has 0 aromatic rings. The van der Waals surface area contributed by atoms with Crippen LogP contribution in [0.25, 0.3) is 0 Å². The molecule has 1 fully saturated rings. The maximum atomic E-state index is 10.5. The van der Waals surface area contributed by atoms with Crippen LogP contribution in [0.15, 0.2) is 0 Å². The van der Waals surface area contributed by atoms with E-state index in [9.17, 15) is 4.79 Å². The van der Waals surface area contributed by atoms with Crippen LogP contribution in [0.1, 0.15) is 12.8 Å². The third-order valence-corrected chi connectivity index (χ3v) is 2.02. The van der Waals surface area contributed by atoms with Crippen molar-refractivity contribution in [1.29, 1.82) is 0 Å². The molecule has 9 heavy (non-hydrogen) atoms. The van der Waals surface area contributed by atoms with Gasteiger partial charge in [0.2, 0.25) is 0 Å². The van der Waals surface area contributed by atoms with Crippen molar-refractivity contribution in [2.75, 3.05) is 20.1 Å². The number of hydrogen-bond donors (Lipinski definition) is 1. The Hall–Kier alpha value is -0.570. The predicted octanol–water partition coefficient (Wildman–Crippen LogP) is 0.905. The first-order valence-corrected chi connectivity index (χ1v) is 3.23. The summed E-state index contributed by atoms with van der Waals surface area (Å²) in [5, 5.41) is 8.64. The second-order valence-electron chi connectivity index (χ2n) is 2.83. The second kappa shape index (κ2) is 1.99. The monoisotopic (exact) mass is 130 g/mol. The molecule has 0 aliphatic carbocycles. The molecule has 1 rings (SSSR count). The SMILES string of the molecule is C[N+]1(C(=O)O)CCCC1. The summed E-state index contributed by atoms with van der Waals surface area (Å²) in [6.45, 7) is 1.60. The molecule has 0 aromatic heterocycles. The van der Waals surface area contributed by atoms with E-state index in [1.165, 1.54) is 0 Å². The molecule has 0 radical (unpaired) electrons. The first-order valence-electron chi connectivity index (χ1n) is 3.23. The molecule has 0 unspecified atom stereocenters. The molecular weight excluding hydrogens is 118 g/mol. The molecule has 52 valence electrons. The molecule has 1 saturated heterocycles. The van der Waals surface area contributed by atoms with Crippen molar-refractivity contribution in [2.45, 2.75) is 12.8 Å². The Kier molecular flexibility index (Phi) is 1.45. The average molecular weight is 130 g/mol. The molecule has 1 aliphatic rings. The van der Waals surface area contributed by atoms with E-state index >= 15 is 0 Å². The maximum Gasteiger partial charge on any atom is 0.513 e. The summed E-state index contributed by atoms with van der Waals surface area (Å²) in [6.07, 6.45) is 1.43. The minimum absolute atomic E-state index is 0.222. The Morgan fingerprint density at radius 3 is 2.11 bits per heavy atom. The fourth-order valence-electron chi connectivity index (χ4n) is 1.22. The third-order valence-electron chi connectivity index (χ3n) is 2.02. The van der Waals surface area contributed by atoms with Gasteiger partial charge in [-0.1, -0.05) is 0 Å². The topological polar surface area (TPSA) is 37.3 Å². The van der Waals surface area contributed by atoms with E-state index < -0.39 is 6.09 Å². The van der Waals surface area contributed by atoms with Crippen LogP contribution in [0.3, 0.4) is 0 Å². The number of amides is 1. The van der Waals surface area contributed by atoms with E-state index in [4.69, 9.17) is 5.11 Å². The number of likely N-dealkylation sites (tertiary alicyclic amines) is 1.